The first kappa shape index (κ1) is 29.5. The highest BCUT2D eigenvalue weighted by molar-refractivity contribution is 7.92. The lowest BCUT2D eigenvalue weighted by atomic mass is 10.0. The van der Waals surface area contributed by atoms with Crippen molar-refractivity contribution in [2.75, 3.05) is 30.8 Å². The maximum absolute atomic E-state index is 13.6. The fourth-order valence-corrected chi connectivity index (χ4v) is 5.78. The number of hydrogen-bond donors (Lipinski definition) is 2. The second kappa shape index (κ2) is 11.6. The Kier molecular flexibility index (Phi) is 8.52. The molecule has 0 saturated carbocycles. The summed E-state index contributed by atoms with van der Waals surface area (Å²) >= 11 is 0. The predicted octanol–water partition coefficient (Wildman–Crippen LogP) is 3.74. The lowest BCUT2D eigenvalue weighted by Gasteiger charge is -2.25. The normalized spacial score (nSPS) is 18.4. The molecule has 10 nitrogen and oxygen atoms in total. The third-order valence-corrected chi connectivity index (χ3v) is 7.86. The molecule has 1 aliphatic heterocycles. The second-order valence-corrected chi connectivity index (χ2v) is 12.3. The molecule has 0 saturated heterocycles. The number of benzene rings is 2. The number of rotatable bonds is 8. The number of fused-ring (bicyclic) bond motifs is 2. The average Bonchev–Trinajstić information content (AvgIpc) is 3.19. The van der Waals surface area contributed by atoms with Gasteiger partial charge in [0.25, 0.3) is 5.91 Å². The maximum atomic E-state index is 13.6. The molecule has 0 spiro atoms. The van der Waals surface area contributed by atoms with Gasteiger partial charge in [0.05, 0.1) is 30.2 Å². The summed E-state index contributed by atoms with van der Waals surface area (Å²) in [6, 6.07) is 7.94. The Balaban J connectivity index is 1.76. The molecule has 4 rings (SSSR count). The van der Waals surface area contributed by atoms with E-state index in [9.17, 15) is 22.4 Å². The molecular weight excluding hydrogens is 541 g/mol. The van der Waals surface area contributed by atoms with E-state index in [-0.39, 0.29) is 36.0 Å². The summed E-state index contributed by atoms with van der Waals surface area (Å²) in [6.07, 6.45) is 0.0993. The quantitative estimate of drug-likeness (QED) is 0.387. The molecular formula is C28H34FN3O7S. The van der Waals surface area contributed by atoms with Gasteiger partial charge in [-0.25, -0.2) is 12.8 Å². The van der Waals surface area contributed by atoms with Gasteiger partial charge in [-0.2, -0.15) is 0 Å². The molecule has 3 aromatic rings. The summed E-state index contributed by atoms with van der Waals surface area (Å²) in [5, 5.41) is 3.04. The molecule has 0 fully saturated rings. The fraction of sp³-hybridized carbons (Fsp3) is 0.429. The van der Waals surface area contributed by atoms with Gasteiger partial charge in [-0.05, 0) is 49.6 Å². The van der Waals surface area contributed by atoms with E-state index in [1.807, 2.05) is 13.8 Å². The molecule has 2 heterocycles. The van der Waals surface area contributed by atoms with Crippen LogP contribution in [0.3, 0.4) is 0 Å². The molecule has 3 N–H and O–H groups in total. The number of carbonyl (C=O) groups excluding carboxylic acids is 2. The molecule has 0 bridgehead atoms. The van der Waals surface area contributed by atoms with Crippen LogP contribution < -0.4 is 15.4 Å². The lowest BCUT2D eigenvalue weighted by Crippen LogP contribution is -2.41. The third kappa shape index (κ3) is 6.13. The predicted molar refractivity (Wildman–Crippen MR) is 149 cm³/mol. The summed E-state index contributed by atoms with van der Waals surface area (Å²) in [6.45, 7) is 5.32. The van der Waals surface area contributed by atoms with Crippen LogP contribution in [0.2, 0.25) is 0 Å². The van der Waals surface area contributed by atoms with Crippen LogP contribution in [0.1, 0.15) is 49.2 Å². The van der Waals surface area contributed by atoms with Crippen molar-refractivity contribution in [3.63, 3.8) is 0 Å². The van der Waals surface area contributed by atoms with Crippen LogP contribution in [0.25, 0.3) is 22.3 Å². The van der Waals surface area contributed by atoms with Crippen LogP contribution in [0.5, 0.6) is 0 Å². The van der Waals surface area contributed by atoms with Crippen molar-refractivity contribution in [2.24, 2.45) is 11.7 Å². The van der Waals surface area contributed by atoms with Gasteiger partial charge in [-0.1, -0.05) is 13.8 Å². The van der Waals surface area contributed by atoms with Crippen LogP contribution in [0.15, 0.2) is 40.8 Å². The van der Waals surface area contributed by atoms with E-state index in [4.69, 9.17) is 19.6 Å². The first-order valence-electron chi connectivity index (χ1n) is 12.9. The van der Waals surface area contributed by atoms with Crippen LogP contribution in [-0.2, 0) is 24.3 Å². The van der Waals surface area contributed by atoms with Gasteiger partial charge in [-0.3, -0.25) is 13.9 Å². The number of anilines is 1. The van der Waals surface area contributed by atoms with Crippen LogP contribution >= 0.6 is 0 Å². The number of amides is 1. The van der Waals surface area contributed by atoms with Crippen molar-refractivity contribution in [2.45, 2.75) is 45.4 Å². The number of ether oxygens (including phenoxy) is 2. The number of carbonyl (C=O) groups is 2. The standard InChI is InChI=1S/C28H34FN3O7S/c1-15(2)10-22(30)28(34)37-14-19-13-32(40(5,35)36)23-12-24-21(11-20(23)16(3)38-19)25(27(33)31-4)26(39-24)17-6-8-18(29)9-7-17/h6-9,11-12,15-16,19,22H,10,13-14,30H2,1-5H3,(H,31,33). The summed E-state index contributed by atoms with van der Waals surface area (Å²) in [5.41, 5.74) is 7.71. The van der Waals surface area contributed by atoms with Crippen LogP contribution in [0, 0.1) is 11.7 Å². The van der Waals surface area contributed by atoms with Gasteiger partial charge in [0.1, 0.15) is 35.9 Å². The van der Waals surface area contributed by atoms with E-state index in [1.165, 1.54) is 35.6 Å². The topological polar surface area (TPSA) is 141 Å². The fourth-order valence-electron chi connectivity index (χ4n) is 4.83. The molecule has 0 radical (unpaired) electrons. The Morgan fingerprint density at radius 3 is 2.50 bits per heavy atom. The minimum atomic E-state index is -3.81. The van der Waals surface area contributed by atoms with Crippen LogP contribution in [0.4, 0.5) is 10.1 Å². The molecule has 12 heteroatoms. The minimum Gasteiger partial charge on any atom is -0.462 e. The Hall–Kier alpha value is -3.48. The first-order valence-corrected chi connectivity index (χ1v) is 14.8. The van der Waals surface area contributed by atoms with E-state index in [0.29, 0.717) is 28.6 Å². The number of furan rings is 1. The molecule has 3 unspecified atom stereocenters. The summed E-state index contributed by atoms with van der Waals surface area (Å²) in [7, 11) is -2.33. The SMILES string of the molecule is CNC(=O)c1c(-c2ccc(F)cc2)oc2cc3c(cc12)C(C)OC(COC(=O)C(N)CC(C)C)CN3S(C)(=O)=O. The summed E-state index contributed by atoms with van der Waals surface area (Å²) in [4.78, 5) is 25.4. The second-order valence-electron chi connectivity index (χ2n) is 10.4. The van der Waals surface area contributed by atoms with Crippen molar-refractivity contribution < 1.29 is 36.3 Å². The number of nitrogens with two attached hydrogens (primary N) is 1. The zero-order valence-electron chi connectivity index (χ0n) is 23.1. The number of halogens is 1. The Labute approximate surface area is 232 Å². The van der Waals surface area contributed by atoms with Gasteiger partial charge in [-0.15, -0.1) is 0 Å². The Morgan fingerprint density at radius 2 is 1.90 bits per heavy atom. The van der Waals surface area contributed by atoms with Gasteiger partial charge < -0.3 is 24.9 Å². The molecule has 3 atom stereocenters. The van der Waals surface area contributed by atoms with Gasteiger partial charge >= 0.3 is 5.97 Å². The summed E-state index contributed by atoms with van der Waals surface area (Å²) < 4.78 is 58.3. The van der Waals surface area contributed by atoms with Crippen molar-refractivity contribution >= 4 is 38.6 Å². The molecule has 40 heavy (non-hydrogen) atoms. The highest BCUT2D eigenvalue weighted by Gasteiger charge is 2.34. The highest BCUT2D eigenvalue weighted by Crippen LogP contribution is 2.42. The number of hydrogen-bond acceptors (Lipinski definition) is 8. The largest absolute Gasteiger partial charge is 0.462 e. The van der Waals surface area contributed by atoms with Crippen molar-refractivity contribution in [1.29, 1.82) is 0 Å². The van der Waals surface area contributed by atoms with Gasteiger partial charge in [0.15, 0.2) is 0 Å². The molecule has 216 valence electrons. The monoisotopic (exact) mass is 575 g/mol. The number of esters is 1. The number of nitrogens with zero attached hydrogens (tertiary/aromatic N) is 1. The maximum Gasteiger partial charge on any atom is 0.323 e. The van der Waals surface area contributed by atoms with Crippen molar-refractivity contribution in [3.05, 3.63) is 53.3 Å². The molecule has 1 amide bonds. The van der Waals surface area contributed by atoms with E-state index < -0.39 is 46.0 Å². The first-order chi connectivity index (χ1) is 18.8. The zero-order chi connectivity index (χ0) is 29.4. The van der Waals surface area contributed by atoms with E-state index in [0.717, 1.165) is 6.26 Å². The average molecular weight is 576 g/mol. The summed E-state index contributed by atoms with van der Waals surface area (Å²) in [5.74, 6) is -1.03. The highest BCUT2D eigenvalue weighted by atomic mass is 32.2. The number of nitrogens with one attached hydrogen (secondary N) is 1. The smallest absolute Gasteiger partial charge is 0.323 e. The van der Waals surface area contributed by atoms with E-state index >= 15 is 0 Å². The van der Waals surface area contributed by atoms with Gasteiger partial charge in [0.2, 0.25) is 10.0 Å². The van der Waals surface area contributed by atoms with Gasteiger partial charge in [0, 0.05) is 29.6 Å². The van der Waals surface area contributed by atoms with Crippen LogP contribution in [-0.4, -0.2) is 58.9 Å². The Morgan fingerprint density at radius 1 is 1.23 bits per heavy atom. The van der Waals surface area contributed by atoms with Crippen molar-refractivity contribution in [1.82, 2.24) is 5.32 Å². The number of sulfonamides is 1. The molecule has 0 aliphatic carbocycles. The third-order valence-electron chi connectivity index (χ3n) is 6.71. The minimum absolute atomic E-state index is 0.123. The Bertz CT molecular complexity index is 1520. The van der Waals surface area contributed by atoms with E-state index in [2.05, 4.69) is 5.32 Å². The lowest BCUT2D eigenvalue weighted by molar-refractivity contribution is -0.150. The zero-order valence-corrected chi connectivity index (χ0v) is 23.9. The molecule has 1 aliphatic rings. The molecule has 2 aromatic carbocycles. The molecule has 1 aromatic heterocycles. The van der Waals surface area contributed by atoms with Crippen molar-refractivity contribution in [3.8, 4) is 11.3 Å². The van der Waals surface area contributed by atoms with E-state index in [1.54, 1.807) is 19.1 Å².